The van der Waals surface area contributed by atoms with Gasteiger partial charge in [-0.2, -0.15) is 0 Å². The average Bonchev–Trinajstić information content (AvgIpc) is 2.95. The van der Waals surface area contributed by atoms with Crippen molar-refractivity contribution in [1.29, 1.82) is 0 Å². The van der Waals surface area contributed by atoms with Gasteiger partial charge < -0.3 is 5.73 Å². The first-order valence-electron chi connectivity index (χ1n) is 9.29. The number of nitrogens with zero attached hydrogens (tertiary/aromatic N) is 2. The summed E-state index contributed by atoms with van der Waals surface area (Å²) < 4.78 is 1.70. The number of amides is 1. The first-order valence-corrected chi connectivity index (χ1v) is 10.5. The molecule has 0 spiro atoms. The zero-order valence-corrected chi connectivity index (χ0v) is 18.1. The highest BCUT2D eigenvalue weighted by Gasteiger charge is 2.21. The molecule has 0 bridgehead atoms. The Labute approximate surface area is 173 Å². The highest BCUT2D eigenvalue weighted by Crippen LogP contribution is 2.37. The normalized spacial score (nSPS) is 11.5. The lowest BCUT2D eigenvalue weighted by atomic mass is 10.0. The molecule has 2 heterocycles. The van der Waals surface area contributed by atoms with E-state index in [4.69, 9.17) is 22.3 Å². The van der Waals surface area contributed by atoms with Gasteiger partial charge in [0.15, 0.2) is 0 Å². The summed E-state index contributed by atoms with van der Waals surface area (Å²) in [5, 5.41) is 1.33. The molecule has 0 saturated carbocycles. The van der Waals surface area contributed by atoms with E-state index < -0.39 is 0 Å². The van der Waals surface area contributed by atoms with Crippen LogP contribution in [0.4, 0.5) is 0 Å². The molecule has 0 atom stereocenters. The highest BCUT2D eigenvalue weighted by molar-refractivity contribution is 7.19. The number of carbonyl (C=O) groups excluding carboxylic acids is 1. The second-order valence-corrected chi connectivity index (χ2v) is 8.94. The Bertz CT molecular complexity index is 1120. The van der Waals surface area contributed by atoms with Gasteiger partial charge in [0.1, 0.15) is 10.7 Å². The minimum atomic E-state index is -0.364. The number of hydrogen-bond donors (Lipinski definition) is 1. The van der Waals surface area contributed by atoms with Gasteiger partial charge in [0.05, 0.1) is 5.39 Å². The van der Waals surface area contributed by atoms with E-state index in [2.05, 4.69) is 0 Å². The van der Waals surface area contributed by atoms with Gasteiger partial charge >= 0.3 is 0 Å². The summed E-state index contributed by atoms with van der Waals surface area (Å²) in [5.74, 6) is 0.466. The molecular formula is C21H24ClN3O2S. The fourth-order valence-electron chi connectivity index (χ4n) is 3.43. The molecule has 2 aromatic heterocycles. The topological polar surface area (TPSA) is 78.0 Å². The Hall–Kier alpha value is -2.18. The van der Waals surface area contributed by atoms with E-state index in [0.717, 1.165) is 32.2 Å². The van der Waals surface area contributed by atoms with Crippen molar-refractivity contribution < 1.29 is 4.79 Å². The van der Waals surface area contributed by atoms with Crippen LogP contribution >= 0.6 is 22.9 Å². The van der Waals surface area contributed by atoms with E-state index in [1.807, 2.05) is 45.9 Å². The van der Waals surface area contributed by atoms with Gasteiger partial charge in [0, 0.05) is 34.3 Å². The van der Waals surface area contributed by atoms with Crippen LogP contribution in [0.5, 0.6) is 0 Å². The summed E-state index contributed by atoms with van der Waals surface area (Å²) in [6, 6.07) is 5.80. The van der Waals surface area contributed by atoms with Crippen molar-refractivity contribution >= 4 is 39.1 Å². The molecule has 0 aliphatic heterocycles. The molecule has 3 rings (SSSR count). The van der Waals surface area contributed by atoms with Crippen LogP contribution in [0.1, 0.15) is 48.9 Å². The lowest BCUT2D eigenvalue weighted by molar-refractivity contribution is -0.118. The van der Waals surface area contributed by atoms with Gasteiger partial charge in [-0.05, 0) is 43.5 Å². The smallest absolute Gasteiger partial charge is 0.262 e. The fraction of sp³-hybridized carbons (Fsp3) is 0.381. The summed E-state index contributed by atoms with van der Waals surface area (Å²) in [6.45, 7) is 8.42. The number of benzene rings is 1. The predicted octanol–water partition coefficient (Wildman–Crippen LogP) is 4.78. The molecule has 0 aliphatic carbocycles. The molecule has 1 aromatic carbocycles. The third-order valence-electron chi connectivity index (χ3n) is 4.79. The SMILES string of the molecule is Cc1cc(-c2c(C)sc3nc(C(C)C)n(CCCC(N)=O)c(=O)c23)ccc1Cl. The van der Waals surface area contributed by atoms with E-state index in [1.54, 1.807) is 4.57 Å². The molecular weight excluding hydrogens is 394 g/mol. The number of hydrogen-bond acceptors (Lipinski definition) is 4. The maximum atomic E-state index is 13.5. The molecule has 0 fully saturated rings. The van der Waals surface area contributed by atoms with E-state index in [1.165, 1.54) is 11.3 Å². The van der Waals surface area contributed by atoms with Crippen molar-refractivity contribution in [2.75, 3.05) is 0 Å². The predicted molar refractivity (Wildman–Crippen MR) is 116 cm³/mol. The molecule has 148 valence electrons. The van der Waals surface area contributed by atoms with Crippen LogP contribution in [0.2, 0.25) is 5.02 Å². The van der Waals surface area contributed by atoms with Crippen molar-refractivity contribution in [2.24, 2.45) is 5.73 Å². The van der Waals surface area contributed by atoms with E-state index in [-0.39, 0.29) is 23.8 Å². The largest absolute Gasteiger partial charge is 0.370 e. The van der Waals surface area contributed by atoms with Crippen molar-refractivity contribution in [2.45, 2.75) is 53.0 Å². The number of aryl methyl sites for hydroxylation is 2. The summed E-state index contributed by atoms with van der Waals surface area (Å²) in [7, 11) is 0. The number of fused-ring (bicyclic) bond motifs is 1. The molecule has 1 amide bonds. The van der Waals surface area contributed by atoms with Crippen molar-refractivity contribution in [1.82, 2.24) is 9.55 Å². The minimum absolute atomic E-state index is 0.0647. The van der Waals surface area contributed by atoms with Gasteiger partial charge in [0.25, 0.3) is 5.56 Å². The third-order valence-corrected chi connectivity index (χ3v) is 6.21. The van der Waals surface area contributed by atoms with Gasteiger partial charge in [-0.25, -0.2) is 4.98 Å². The zero-order chi connectivity index (χ0) is 20.6. The summed E-state index contributed by atoms with van der Waals surface area (Å²) in [6.07, 6.45) is 0.758. The average molecular weight is 418 g/mol. The van der Waals surface area contributed by atoms with Crippen molar-refractivity contribution in [3.63, 3.8) is 0 Å². The molecule has 0 aliphatic rings. The monoisotopic (exact) mass is 417 g/mol. The van der Waals surface area contributed by atoms with Gasteiger partial charge in [0.2, 0.25) is 5.91 Å². The molecule has 5 nitrogen and oxygen atoms in total. The standard InChI is InChI=1S/C21H24ClN3O2S/c1-11(2)19-24-20-18(21(27)25(19)9-5-6-16(23)26)17(13(4)28-20)14-7-8-15(22)12(3)10-14/h7-8,10-11H,5-6,9H2,1-4H3,(H2,23,26). The molecule has 0 radical (unpaired) electrons. The quantitative estimate of drug-likeness (QED) is 0.626. The Kier molecular flexibility index (Phi) is 5.91. The maximum absolute atomic E-state index is 13.5. The number of aromatic nitrogens is 2. The molecule has 0 unspecified atom stereocenters. The number of carbonyl (C=O) groups is 1. The third kappa shape index (κ3) is 3.84. The second kappa shape index (κ2) is 8.05. The van der Waals surface area contributed by atoms with Crippen LogP contribution in [-0.2, 0) is 11.3 Å². The Morgan fingerprint density at radius 2 is 2.04 bits per heavy atom. The van der Waals surface area contributed by atoms with E-state index in [9.17, 15) is 9.59 Å². The van der Waals surface area contributed by atoms with Gasteiger partial charge in [-0.15, -0.1) is 11.3 Å². The summed E-state index contributed by atoms with van der Waals surface area (Å²) in [5.41, 5.74) is 8.04. The van der Waals surface area contributed by atoms with Crippen LogP contribution in [-0.4, -0.2) is 15.5 Å². The Morgan fingerprint density at radius 3 is 2.64 bits per heavy atom. The first-order chi connectivity index (χ1) is 13.2. The number of nitrogens with two attached hydrogens (primary N) is 1. The fourth-order valence-corrected chi connectivity index (χ4v) is 4.59. The van der Waals surface area contributed by atoms with Crippen molar-refractivity contribution in [3.8, 4) is 11.1 Å². The second-order valence-electron chi connectivity index (χ2n) is 7.33. The highest BCUT2D eigenvalue weighted by atomic mass is 35.5. The Morgan fingerprint density at radius 1 is 1.32 bits per heavy atom. The molecule has 2 N–H and O–H groups in total. The summed E-state index contributed by atoms with van der Waals surface area (Å²) >= 11 is 7.72. The number of primary amides is 1. The lowest BCUT2D eigenvalue weighted by Crippen LogP contribution is -2.26. The molecule has 3 aromatic rings. The van der Waals surface area contributed by atoms with Gasteiger partial charge in [-0.3, -0.25) is 14.2 Å². The molecule has 28 heavy (non-hydrogen) atoms. The van der Waals surface area contributed by atoms with Crippen molar-refractivity contribution in [3.05, 3.63) is 49.8 Å². The zero-order valence-electron chi connectivity index (χ0n) is 16.5. The maximum Gasteiger partial charge on any atom is 0.262 e. The van der Waals surface area contributed by atoms with Crippen LogP contribution < -0.4 is 11.3 Å². The molecule has 7 heteroatoms. The van der Waals surface area contributed by atoms with Crippen LogP contribution in [0, 0.1) is 13.8 Å². The van der Waals surface area contributed by atoms with Gasteiger partial charge in [-0.1, -0.05) is 31.5 Å². The van der Waals surface area contributed by atoms with Crippen LogP contribution in [0.25, 0.3) is 21.3 Å². The number of thiophene rings is 1. The van der Waals surface area contributed by atoms with Crippen LogP contribution in [0.15, 0.2) is 23.0 Å². The van der Waals surface area contributed by atoms with E-state index >= 15 is 0 Å². The number of halogens is 1. The lowest BCUT2D eigenvalue weighted by Gasteiger charge is -2.15. The van der Waals surface area contributed by atoms with Crippen LogP contribution in [0.3, 0.4) is 0 Å². The minimum Gasteiger partial charge on any atom is -0.370 e. The Balaban J connectivity index is 2.24. The first kappa shape index (κ1) is 20.6. The number of rotatable bonds is 6. The van der Waals surface area contributed by atoms with E-state index in [0.29, 0.717) is 23.4 Å². The molecule has 0 saturated heterocycles. The summed E-state index contributed by atoms with van der Waals surface area (Å²) in [4.78, 5) is 31.2.